The van der Waals surface area contributed by atoms with Gasteiger partial charge in [-0.25, -0.2) is 14.2 Å². The molecule has 2 aromatic carbocycles. The Labute approximate surface area is 236 Å². The number of rotatable bonds is 9. The molecule has 4 aromatic rings. The summed E-state index contributed by atoms with van der Waals surface area (Å²) in [5.74, 6) is 2.02. The molecule has 0 bridgehead atoms. The standard InChI is InChI=1S/C30H33FN6O4/c1-35-24-9-18-7-8-36(15-20(32)12-31)29(38)22(18)11-23(24)34-28(35)25-10-19-3-2-4-26(27(19)37(25)14-17-5-6-17)40-16-21-13-33-30(39)41-21/h2-4,9-11,17,20-21H,5-8,12-16,32H2,1H3,(H,33,39)/t20-,21-/m1/s1. The Bertz CT molecular complexity index is 1670. The quantitative estimate of drug-likeness (QED) is 0.324. The maximum Gasteiger partial charge on any atom is 0.407 e. The van der Waals surface area contributed by atoms with E-state index in [0.29, 0.717) is 31.0 Å². The third kappa shape index (κ3) is 4.67. The number of benzene rings is 2. The Morgan fingerprint density at radius 3 is 2.85 bits per heavy atom. The van der Waals surface area contributed by atoms with Crippen LogP contribution >= 0.6 is 0 Å². The van der Waals surface area contributed by atoms with Gasteiger partial charge >= 0.3 is 6.09 Å². The monoisotopic (exact) mass is 560 g/mol. The number of ether oxygens (including phenoxy) is 2. The van der Waals surface area contributed by atoms with Crippen LogP contribution in [0.3, 0.4) is 0 Å². The van der Waals surface area contributed by atoms with Crippen molar-refractivity contribution in [1.29, 1.82) is 0 Å². The van der Waals surface area contributed by atoms with E-state index in [-0.39, 0.29) is 25.2 Å². The maximum absolute atomic E-state index is 13.2. The number of nitrogens with two attached hydrogens (primary N) is 1. The minimum Gasteiger partial charge on any atom is -0.487 e. The summed E-state index contributed by atoms with van der Waals surface area (Å²) in [6, 6.07) is 11.4. The fourth-order valence-electron chi connectivity index (χ4n) is 6.00. The number of hydrogen-bond donors (Lipinski definition) is 2. The molecule has 0 unspecified atom stereocenters. The van der Waals surface area contributed by atoms with Crippen LogP contribution in [0.1, 0.15) is 28.8 Å². The number of para-hydroxylation sites is 1. The number of carbonyl (C=O) groups excluding carboxylic acids is 2. The second kappa shape index (κ2) is 10.1. The molecule has 2 amide bonds. The van der Waals surface area contributed by atoms with Crippen molar-refractivity contribution < 1.29 is 23.5 Å². The van der Waals surface area contributed by atoms with Crippen LogP contribution in [0.25, 0.3) is 33.5 Å². The summed E-state index contributed by atoms with van der Waals surface area (Å²) in [7, 11) is 2.01. The van der Waals surface area contributed by atoms with Crippen molar-refractivity contribution in [3.05, 3.63) is 47.5 Å². The lowest BCUT2D eigenvalue weighted by atomic mass is 9.97. The van der Waals surface area contributed by atoms with Crippen molar-refractivity contribution in [2.45, 2.75) is 38.0 Å². The number of aryl methyl sites for hydroxylation is 1. The summed E-state index contributed by atoms with van der Waals surface area (Å²) in [4.78, 5) is 31.4. The van der Waals surface area contributed by atoms with Gasteiger partial charge in [0.2, 0.25) is 0 Å². The Kier molecular flexibility index (Phi) is 6.33. The van der Waals surface area contributed by atoms with E-state index < -0.39 is 18.8 Å². The van der Waals surface area contributed by atoms with Crippen molar-refractivity contribution >= 4 is 33.9 Å². The Hall–Kier alpha value is -4.12. The average molecular weight is 561 g/mol. The molecule has 0 spiro atoms. The third-order valence-corrected chi connectivity index (χ3v) is 8.35. The molecule has 1 saturated heterocycles. The topological polar surface area (TPSA) is 117 Å². The van der Waals surface area contributed by atoms with Gasteiger partial charge in [-0.3, -0.25) is 4.79 Å². The molecular weight excluding hydrogens is 527 g/mol. The highest BCUT2D eigenvalue weighted by Crippen LogP contribution is 2.39. The molecule has 3 aliphatic rings. The number of cyclic esters (lactones) is 1. The zero-order valence-corrected chi connectivity index (χ0v) is 22.9. The van der Waals surface area contributed by atoms with Gasteiger partial charge in [-0.15, -0.1) is 0 Å². The van der Waals surface area contributed by atoms with Gasteiger partial charge < -0.3 is 34.6 Å². The molecule has 4 heterocycles. The molecular formula is C30H33FN6O4. The highest BCUT2D eigenvalue weighted by molar-refractivity contribution is 6.01. The minimum atomic E-state index is -0.683. The molecule has 2 fully saturated rings. The largest absolute Gasteiger partial charge is 0.487 e. The number of fused-ring (bicyclic) bond motifs is 3. The van der Waals surface area contributed by atoms with Gasteiger partial charge in [-0.05, 0) is 55.0 Å². The summed E-state index contributed by atoms with van der Waals surface area (Å²) < 4.78 is 28.9. The zero-order chi connectivity index (χ0) is 28.2. The number of amides is 2. The van der Waals surface area contributed by atoms with Gasteiger partial charge in [-0.2, -0.15) is 0 Å². The molecule has 11 heteroatoms. The van der Waals surface area contributed by atoms with Crippen molar-refractivity contribution in [2.75, 3.05) is 32.9 Å². The zero-order valence-electron chi connectivity index (χ0n) is 22.9. The molecule has 7 rings (SSSR count). The maximum atomic E-state index is 13.2. The van der Waals surface area contributed by atoms with Crippen molar-refractivity contribution in [2.24, 2.45) is 18.7 Å². The first-order valence-corrected chi connectivity index (χ1v) is 14.2. The van der Waals surface area contributed by atoms with Crippen LogP contribution in [0.5, 0.6) is 5.75 Å². The predicted octanol–water partition coefficient (Wildman–Crippen LogP) is 3.39. The van der Waals surface area contributed by atoms with Crippen LogP contribution in [0, 0.1) is 5.92 Å². The minimum absolute atomic E-state index is 0.128. The van der Waals surface area contributed by atoms with Crippen LogP contribution < -0.4 is 15.8 Å². The lowest BCUT2D eigenvalue weighted by Crippen LogP contribution is -2.45. The first kappa shape index (κ1) is 25.8. The number of aromatic nitrogens is 3. The molecule has 0 radical (unpaired) electrons. The number of halogens is 1. The second-order valence-corrected chi connectivity index (χ2v) is 11.4. The second-order valence-electron chi connectivity index (χ2n) is 11.4. The lowest BCUT2D eigenvalue weighted by Gasteiger charge is -2.30. The molecule has 214 valence electrons. The van der Waals surface area contributed by atoms with Gasteiger partial charge in [0.05, 0.1) is 34.8 Å². The molecule has 1 aliphatic carbocycles. The molecule has 2 aromatic heterocycles. The van der Waals surface area contributed by atoms with Gasteiger partial charge in [0.1, 0.15) is 19.0 Å². The van der Waals surface area contributed by atoms with Crippen LogP contribution in [0.2, 0.25) is 0 Å². The number of hydrogen-bond acceptors (Lipinski definition) is 6. The van der Waals surface area contributed by atoms with E-state index >= 15 is 0 Å². The molecule has 3 N–H and O–H groups in total. The van der Waals surface area contributed by atoms with Crippen LogP contribution in [-0.4, -0.2) is 76.1 Å². The number of alkyl halides is 1. The number of carbonyl (C=O) groups is 2. The summed E-state index contributed by atoms with van der Waals surface area (Å²) in [6.45, 7) is 1.60. The number of imidazole rings is 1. The highest BCUT2D eigenvalue weighted by atomic mass is 19.1. The van der Waals surface area contributed by atoms with Crippen molar-refractivity contribution in [3.8, 4) is 17.3 Å². The lowest BCUT2D eigenvalue weighted by molar-refractivity contribution is 0.0725. The molecule has 2 aliphatic heterocycles. The van der Waals surface area contributed by atoms with Gasteiger partial charge in [-0.1, -0.05) is 12.1 Å². The first-order valence-electron chi connectivity index (χ1n) is 14.2. The van der Waals surface area contributed by atoms with E-state index in [1.165, 1.54) is 12.8 Å². The summed E-state index contributed by atoms with van der Waals surface area (Å²) in [5.41, 5.74) is 11.0. The molecule has 10 nitrogen and oxygen atoms in total. The van der Waals surface area contributed by atoms with E-state index in [4.69, 9.17) is 20.2 Å². The normalized spacial score (nSPS) is 19.5. The van der Waals surface area contributed by atoms with Gasteiger partial charge in [0, 0.05) is 37.6 Å². The van der Waals surface area contributed by atoms with E-state index in [9.17, 15) is 14.0 Å². The summed E-state index contributed by atoms with van der Waals surface area (Å²) >= 11 is 0. The van der Waals surface area contributed by atoms with E-state index in [1.54, 1.807) is 4.90 Å². The van der Waals surface area contributed by atoms with Crippen LogP contribution in [-0.2, 0) is 24.8 Å². The molecule has 2 atom stereocenters. The van der Waals surface area contributed by atoms with Gasteiger partial charge in [0.25, 0.3) is 5.91 Å². The fourth-order valence-corrected chi connectivity index (χ4v) is 6.00. The molecule has 1 saturated carbocycles. The SMILES string of the molecule is Cn1c(-c2cc3cccc(OC[C@H]4CNC(=O)O4)c3n2CC2CC2)nc2cc3c(cc21)CCN(C[C@H](N)CF)C3=O. The number of nitrogens with one attached hydrogen (secondary N) is 1. The molecule has 41 heavy (non-hydrogen) atoms. The van der Waals surface area contributed by atoms with Crippen molar-refractivity contribution in [1.82, 2.24) is 24.3 Å². The predicted molar refractivity (Wildman–Crippen MR) is 152 cm³/mol. The van der Waals surface area contributed by atoms with E-state index in [1.807, 2.05) is 25.2 Å². The van der Waals surface area contributed by atoms with E-state index in [2.05, 4.69) is 32.7 Å². The average Bonchev–Trinajstić information content (AvgIpc) is 3.45. The Morgan fingerprint density at radius 1 is 1.24 bits per heavy atom. The smallest absolute Gasteiger partial charge is 0.407 e. The van der Waals surface area contributed by atoms with Crippen molar-refractivity contribution in [3.63, 3.8) is 0 Å². The summed E-state index contributed by atoms with van der Waals surface area (Å²) in [6.07, 6.45) is 2.31. The van der Waals surface area contributed by atoms with Crippen LogP contribution in [0.4, 0.5) is 9.18 Å². The Morgan fingerprint density at radius 2 is 2.10 bits per heavy atom. The summed E-state index contributed by atoms with van der Waals surface area (Å²) in [5, 5.41) is 3.71. The third-order valence-electron chi connectivity index (χ3n) is 8.35. The number of nitrogens with zero attached hydrogens (tertiary/aromatic N) is 4. The van der Waals surface area contributed by atoms with Gasteiger partial charge in [0.15, 0.2) is 11.9 Å². The van der Waals surface area contributed by atoms with Crippen LogP contribution in [0.15, 0.2) is 36.4 Å². The first-order chi connectivity index (χ1) is 19.9. The fraction of sp³-hybridized carbons (Fsp3) is 0.433. The van der Waals surface area contributed by atoms with E-state index in [0.717, 1.165) is 51.3 Å². The highest BCUT2D eigenvalue weighted by Gasteiger charge is 2.30. The number of alkyl carbamates (subject to hydrolysis) is 1. The Balaban J connectivity index is 1.28.